The van der Waals surface area contributed by atoms with Gasteiger partial charge in [-0.3, -0.25) is 14.4 Å². The van der Waals surface area contributed by atoms with E-state index in [1.807, 2.05) is 27.7 Å². The summed E-state index contributed by atoms with van der Waals surface area (Å²) in [6.45, 7) is 11.8. The zero-order chi connectivity index (χ0) is 23.6. The molecule has 0 aromatic rings. The molecule has 0 aromatic carbocycles. The first-order chi connectivity index (χ1) is 15.1. The van der Waals surface area contributed by atoms with Crippen LogP contribution >= 0.6 is 0 Å². The summed E-state index contributed by atoms with van der Waals surface area (Å²) in [6, 6.07) is 0. The molecule has 0 radical (unpaired) electrons. The Balaban J connectivity index is 1.57. The normalized spacial score (nSPS) is 18.9. The van der Waals surface area contributed by atoms with Crippen LogP contribution in [0.3, 0.4) is 0 Å². The van der Waals surface area contributed by atoms with Crippen LogP contribution in [0.1, 0.15) is 91.9 Å². The maximum Gasteiger partial charge on any atom is 0.306 e. The van der Waals surface area contributed by atoms with Crippen LogP contribution in [-0.2, 0) is 23.9 Å². The molecule has 2 aliphatic rings. The summed E-state index contributed by atoms with van der Waals surface area (Å²) in [7, 11) is 0. The topological polar surface area (TPSA) is 93.7 Å². The van der Waals surface area contributed by atoms with Gasteiger partial charge in [0.05, 0.1) is 0 Å². The number of carbonyl (C=O) groups is 3. The molecule has 2 rings (SSSR count). The molecular weight excluding hydrogens is 408 g/mol. The average Bonchev–Trinajstić information content (AvgIpc) is 2.74. The Bertz CT molecular complexity index is 568. The van der Waals surface area contributed by atoms with Crippen molar-refractivity contribution in [3.05, 3.63) is 0 Å². The van der Waals surface area contributed by atoms with Gasteiger partial charge in [-0.05, 0) is 92.4 Å². The molecule has 0 unspecified atom stereocenters. The molecule has 0 bridgehead atoms. The van der Waals surface area contributed by atoms with E-state index in [1.165, 1.54) is 0 Å². The van der Waals surface area contributed by atoms with Crippen molar-refractivity contribution in [1.29, 1.82) is 0 Å². The summed E-state index contributed by atoms with van der Waals surface area (Å²) in [5.74, 6) is 0.360. The van der Waals surface area contributed by atoms with Gasteiger partial charge < -0.3 is 20.1 Å². The van der Waals surface area contributed by atoms with E-state index in [-0.39, 0.29) is 30.6 Å². The summed E-state index contributed by atoms with van der Waals surface area (Å²) in [5, 5.41) is 6.65. The van der Waals surface area contributed by atoms with Crippen LogP contribution in [0.15, 0.2) is 0 Å². The lowest BCUT2D eigenvalue weighted by Gasteiger charge is -2.36. The predicted molar refractivity (Wildman–Crippen MR) is 124 cm³/mol. The number of hydrogen-bond acceptors (Lipinski definition) is 7. The molecule has 32 heavy (non-hydrogen) atoms. The molecule has 2 saturated heterocycles. The number of nitrogens with one attached hydrogen (secondary N) is 2. The molecule has 2 aliphatic heterocycles. The maximum absolute atomic E-state index is 12.2. The predicted octanol–water partition coefficient (Wildman–Crippen LogP) is 3.54. The molecule has 0 aromatic heterocycles. The van der Waals surface area contributed by atoms with Gasteiger partial charge in [0.1, 0.15) is 17.0 Å². The van der Waals surface area contributed by atoms with E-state index in [9.17, 15) is 14.4 Å². The SMILES string of the molecule is CC(C)(OC(=O)CCCC(=O)CCCC(=O)OC(C)(C)C1CCNCC1)C1CCNCC1. The molecular formula is C25H44N2O5. The van der Waals surface area contributed by atoms with Gasteiger partial charge in [0, 0.05) is 37.5 Å². The van der Waals surface area contributed by atoms with Crippen molar-refractivity contribution in [2.75, 3.05) is 26.2 Å². The lowest BCUT2D eigenvalue weighted by atomic mass is 9.83. The van der Waals surface area contributed by atoms with E-state index in [4.69, 9.17) is 9.47 Å². The minimum Gasteiger partial charge on any atom is -0.459 e. The minimum absolute atomic E-state index is 0.0841. The van der Waals surface area contributed by atoms with Crippen molar-refractivity contribution >= 4 is 17.7 Å². The highest BCUT2D eigenvalue weighted by atomic mass is 16.6. The Morgan fingerprint density at radius 2 is 1.00 bits per heavy atom. The van der Waals surface area contributed by atoms with E-state index in [1.54, 1.807) is 0 Å². The van der Waals surface area contributed by atoms with Gasteiger partial charge >= 0.3 is 11.9 Å². The van der Waals surface area contributed by atoms with Crippen LogP contribution in [0.2, 0.25) is 0 Å². The molecule has 0 saturated carbocycles. The highest BCUT2D eigenvalue weighted by molar-refractivity contribution is 5.80. The summed E-state index contributed by atoms with van der Waals surface area (Å²) >= 11 is 0. The van der Waals surface area contributed by atoms with E-state index >= 15 is 0 Å². The highest BCUT2D eigenvalue weighted by Crippen LogP contribution is 2.30. The summed E-state index contributed by atoms with van der Waals surface area (Å²) < 4.78 is 11.4. The Morgan fingerprint density at radius 3 is 1.34 bits per heavy atom. The van der Waals surface area contributed by atoms with Crippen molar-refractivity contribution in [2.24, 2.45) is 11.8 Å². The van der Waals surface area contributed by atoms with Crippen molar-refractivity contribution in [2.45, 2.75) is 103 Å². The Hall–Kier alpha value is -1.47. The number of Topliss-reactive ketones (excluding diaryl/α,β-unsaturated/α-hetero) is 1. The third kappa shape index (κ3) is 9.18. The monoisotopic (exact) mass is 452 g/mol. The van der Waals surface area contributed by atoms with Gasteiger partial charge in [-0.1, -0.05) is 0 Å². The summed E-state index contributed by atoms with van der Waals surface area (Å²) in [5.41, 5.74) is -0.934. The zero-order valence-electron chi connectivity index (χ0n) is 20.6. The fourth-order valence-corrected chi connectivity index (χ4v) is 4.87. The maximum atomic E-state index is 12.2. The number of esters is 2. The van der Waals surface area contributed by atoms with Gasteiger partial charge in [-0.2, -0.15) is 0 Å². The van der Waals surface area contributed by atoms with Crippen LogP contribution < -0.4 is 10.6 Å². The van der Waals surface area contributed by atoms with E-state index in [0.717, 1.165) is 51.9 Å². The first-order valence-corrected chi connectivity index (χ1v) is 12.5. The van der Waals surface area contributed by atoms with E-state index in [0.29, 0.717) is 37.5 Å². The fourth-order valence-electron chi connectivity index (χ4n) is 4.87. The molecule has 0 atom stereocenters. The Morgan fingerprint density at radius 1 is 0.656 bits per heavy atom. The molecule has 0 aliphatic carbocycles. The van der Waals surface area contributed by atoms with Crippen LogP contribution in [-0.4, -0.2) is 55.1 Å². The molecule has 2 N–H and O–H groups in total. The van der Waals surface area contributed by atoms with Gasteiger partial charge in [-0.25, -0.2) is 0 Å². The molecule has 7 heteroatoms. The smallest absolute Gasteiger partial charge is 0.306 e. The quantitative estimate of drug-likeness (QED) is 0.437. The Kier molecular flexibility index (Phi) is 10.6. The number of carbonyl (C=O) groups excluding carboxylic acids is 3. The fraction of sp³-hybridized carbons (Fsp3) is 0.880. The number of piperidine rings is 2. The molecule has 184 valence electrons. The standard InChI is InChI=1S/C25H44N2O5/c1-24(2,19-11-15-26-16-12-19)31-22(29)9-5-7-21(28)8-6-10-23(30)32-25(3,4)20-13-17-27-18-14-20/h19-20,26-27H,5-18H2,1-4H3. The third-order valence-corrected chi connectivity index (χ3v) is 7.07. The van der Waals surface area contributed by atoms with Crippen LogP contribution in [0, 0.1) is 11.8 Å². The molecule has 0 spiro atoms. The van der Waals surface area contributed by atoms with Crippen molar-refractivity contribution in [1.82, 2.24) is 10.6 Å². The lowest BCUT2D eigenvalue weighted by Crippen LogP contribution is -2.42. The number of rotatable bonds is 12. The third-order valence-electron chi connectivity index (χ3n) is 7.07. The van der Waals surface area contributed by atoms with Crippen molar-refractivity contribution in [3.8, 4) is 0 Å². The highest BCUT2D eigenvalue weighted by Gasteiger charge is 2.35. The number of ether oxygens (including phenoxy) is 2. The van der Waals surface area contributed by atoms with Crippen LogP contribution in [0.5, 0.6) is 0 Å². The summed E-state index contributed by atoms with van der Waals surface area (Å²) in [6.07, 6.45) is 6.23. The van der Waals surface area contributed by atoms with Gasteiger partial charge in [-0.15, -0.1) is 0 Å². The second kappa shape index (κ2) is 12.7. The van der Waals surface area contributed by atoms with E-state index in [2.05, 4.69) is 10.6 Å². The van der Waals surface area contributed by atoms with Gasteiger partial charge in [0.15, 0.2) is 0 Å². The molecule has 2 heterocycles. The first kappa shape index (κ1) is 26.8. The molecule has 2 fully saturated rings. The first-order valence-electron chi connectivity index (χ1n) is 12.5. The number of hydrogen-bond donors (Lipinski definition) is 2. The second-order valence-corrected chi connectivity index (χ2v) is 10.4. The van der Waals surface area contributed by atoms with Gasteiger partial charge in [0.2, 0.25) is 0 Å². The van der Waals surface area contributed by atoms with Gasteiger partial charge in [0.25, 0.3) is 0 Å². The minimum atomic E-state index is -0.467. The summed E-state index contributed by atoms with van der Waals surface area (Å²) in [4.78, 5) is 36.6. The zero-order valence-corrected chi connectivity index (χ0v) is 20.6. The molecule has 0 amide bonds. The average molecular weight is 453 g/mol. The Labute approximate surface area is 193 Å². The molecule has 7 nitrogen and oxygen atoms in total. The lowest BCUT2D eigenvalue weighted by molar-refractivity contribution is -0.163. The second-order valence-electron chi connectivity index (χ2n) is 10.4. The number of ketones is 1. The van der Waals surface area contributed by atoms with E-state index < -0.39 is 11.2 Å². The van der Waals surface area contributed by atoms with Crippen LogP contribution in [0.4, 0.5) is 0 Å². The van der Waals surface area contributed by atoms with Crippen LogP contribution in [0.25, 0.3) is 0 Å². The van der Waals surface area contributed by atoms with Crippen molar-refractivity contribution in [3.63, 3.8) is 0 Å². The largest absolute Gasteiger partial charge is 0.459 e. The van der Waals surface area contributed by atoms with Crippen molar-refractivity contribution < 1.29 is 23.9 Å².